The van der Waals surface area contributed by atoms with Gasteiger partial charge >= 0.3 is 0 Å². The number of aryl methyl sites for hydroxylation is 1. The standard InChI is InChI=1S/C16H17NO3S2/c1-12-8-10-13(11-9-12)22(18,19)20-16(2)17(3)14-6-4-5-7-15(14)21-16/h4-11H,1-3H3. The van der Waals surface area contributed by atoms with Gasteiger partial charge in [0.1, 0.15) is 0 Å². The summed E-state index contributed by atoms with van der Waals surface area (Å²) in [5.74, 6) is 0. The highest BCUT2D eigenvalue weighted by molar-refractivity contribution is 8.01. The quantitative estimate of drug-likeness (QED) is 0.802. The second-order valence-electron chi connectivity index (χ2n) is 5.38. The SMILES string of the molecule is Cc1ccc(S(=O)(=O)OC2(C)Sc3ccccc3N2C)cc1. The van der Waals surface area contributed by atoms with Gasteiger partial charge in [-0.25, -0.2) is 4.18 Å². The lowest BCUT2D eigenvalue weighted by Crippen LogP contribution is -2.41. The molecule has 2 aromatic carbocycles. The minimum Gasteiger partial charge on any atom is -0.336 e. The van der Waals surface area contributed by atoms with Crippen molar-refractivity contribution in [3.05, 3.63) is 54.1 Å². The molecule has 0 saturated heterocycles. The summed E-state index contributed by atoms with van der Waals surface area (Å²) in [7, 11) is -2.00. The Morgan fingerprint density at radius 3 is 2.36 bits per heavy atom. The lowest BCUT2D eigenvalue weighted by atomic mass is 10.2. The summed E-state index contributed by atoms with van der Waals surface area (Å²) < 4.78 is 30.6. The second-order valence-corrected chi connectivity index (χ2v) is 8.32. The summed E-state index contributed by atoms with van der Waals surface area (Å²) >= 11 is 1.40. The van der Waals surface area contributed by atoms with Gasteiger partial charge in [-0.1, -0.05) is 41.6 Å². The maximum atomic E-state index is 12.5. The number of hydrogen-bond donors (Lipinski definition) is 0. The van der Waals surface area contributed by atoms with Crippen molar-refractivity contribution in [3.63, 3.8) is 0 Å². The number of anilines is 1. The van der Waals surface area contributed by atoms with Crippen molar-refractivity contribution in [3.8, 4) is 0 Å². The van der Waals surface area contributed by atoms with Gasteiger partial charge in [-0.3, -0.25) is 0 Å². The number of benzene rings is 2. The minimum atomic E-state index is -3.83. The molecule has 2 aromatic rings. The number of hydrogen-bond acceptors (Lipinski definition) is 5. The van der Waals surface area contributed by atoms with Gasteiger partial charge in [-0.15, -0.1) is 0 Å². The Bertz CT molecular complexity index is 802. The van der Waals surface area contributed by atoms with Crippen LogP contribution in [0.25, 0.3) is 0 Å². The molecule has 0 saturated carbocycles. The van der Waals surface area contributed by atoms with Crippen molar-refractivity contribution in [2.45, 2.75) is 28.7 Å². The van der Waals surface area contributed by atoms with E-state index in [0.29, 0.717) is 0 Å². The van der Waals surface area contributed by atoms with Crippen LogP contribution < -0.4 is 4.90 Å². The molecule has 6 heteroatoms. The van der Waals surface area contributed by atoms with Crippen LogP contribution in [0.15, 0.2) is 58.3 Å². The molecule has 3 rings (SSSR count). The Labute approximate surface area is 135 Å². The average Bonchev–Trinajstić information content (AvgIpc) is 2.70. The second kappa shape index (κ2) is 5.30. The largest absolute Gasteiger partial charge is 0.336 e. The number of nitrogens with zero attached hydrogens (tertiary/aromatic N) is 1. The summed E-state index contributed by atoms with van der Waals surface area (Å²) in [4.78, 5) is 3.02. The lowest BCUT2D eigenvalue weighted by molar-refractivity contribution is 0.197. The van der Waals surface area contributed by atoms with E-state index >= 15 is 0 Å². The highest BCUT2D eigenvalue weighted by atomic mass is 32.2. The van der Waals surface area contributed by atoms with E-state index in [0.717, 1.165) is 16.1 Å². The monoisotopic (exact) mass is 335 g/mol. The number of para-hydroxylation sites is 1. The molecule has 0 amide bonds. The van der Waals surface area contributed by atoms with Crippen LogP contribution in [0.3, 0.4) is 0 Å². The summed E-state index contributed by atoms with van der Waals surface area (Å²) in [6, 6.07) is 14.4. The van der Waals surface area contributed by atoms with Gasteiger partial charge < -0.3 is 4.90 Å². The van der Waals surface area contributed by atoms with Crippen LogP contribution in [0.4, 0.5) is 5.69 Å². The van der Waals surface area contributed by atoms with E-state index in [4.69, 9.17) is 4.18 Å². The fourth-order valence-corrected chi connectivity index (χ4v) is 4.93. The van der Waals surface area contributed by atoms with Crippen LogP contribution in [-0.4, -0.2) is 20.5 Å². The molecule has 0 bridgehead atoms. The van der Waals surface area contributed by atoms with Crippen molar-refractivity contribution in [1.82, 2.24) is 0 Å². The number of fused-ring (bicyclic) bond motifs is 1. The Balaban J connectivity index is 1.91. The third-order valence-electron chi connectivity index (χ3n) is 3.71. The van der Waals surface area contributed by atoms with Gasteiger partial charge in [0.2, 0.25) is 5.06 Å². The zero-order valence-electron chi connectivity index (χ0n) is 12.6. The maximum absolute atomic E-state index is 12.5. The Kier molecular flexibility index (Phi) is 3.71. The first-order chi connectivity index (χ1) is 10.3. The first-order valence-electron chi connectivity index (χ1n) is 6.86. The van der Waals surface area contributed by atoms with Gasteiger partial charge in [0.15, 0.2) is 0 Å². The molecule has 0 aliphatic carbocycles. The molecular formula is C16H17NO3S2. The van der Waals surface area contributed by atoms with Crippen LogP contribution in [0.5, 0.6) is 0 Å². The summed E-state index contributed by atoms with van der Waals surface area (Å²) in [5, 5.41) is -0.993. The lowest BCUT2D eigenvalue weighted by Gasteiger charge is -2.31. The van der Waals surface area contributed by atoms with E-state index in [-0.39, 0.29) is 4.90 Å². The summed E-state index contributed by atoms with van der Waals surface area (Å²) in [6.07, 6.45) is 0. The van der Waals surface area contributed by atoms with Gasteiger partial charge in [0, 0.05) is 11.9 Å². The first kappa shape index (κ1) is 15.4. The van der Waals surface area contributed by atoms with Crippen molar-refractivity contribution in [1.29, 1.82) is 0 Å². The van der Waals surface area contributed by atoms with Gasteiger partial charge in [-0.05, 0) is 38.1 Å². The van der Waals surface area contributed by atoms with Crippen LogP contribution in [0.1, 0.15) is 12.5 Å². The fraction of sp³-hybridized carbons (Fsp3) is 0.250. The Morgan fingerprint density at radius 1 is 1.09 bits per heavy atom. The van der Waals surface area contributed by atoms with Crippen molar-refractivity contribution >= 4 is 27.6 Å². The third kappa shape index (κ3) is 2.62. The molecule has 0 N–H and O–H groups in total. The number of thioether (sulfide) groups is 1. The normalized spacial score (nSPS) is 21.0. The molecule has 116 valence electrons. The highest BCUT2D eigenvalue weighted by Gasteiger charge is 2.43. The van der Waals surface area contributed by atoms with Crippen LogP contribution in [0.2, 0.25) is 0 Å². The summed E-state index contributed by atoms with van der Waals surface area (Å²) in [6.45, 7) is 3.68. The molecule has 4 nitrogen and oxygen atoms in total. The number of rotatable bonds is 3. The van der Waals surface area contributed by atoms with Gasteiger partial charge in [0.05, 0.1) is 10.6 Å². The predicted octanol–water partition coefficient (Wildman–Crippen LogP) is 3.62. The minimum absolute atomic E-state index is 0.171. The fourth-order valence-electron chi connectivity index (χ4n) is 2.34. The van der Waals surface area contributed by atoms with E-state index in [2.05, 4.69) is 0 Å². The molecule has 0 aromatic heterocycles. The predicted molar refractivity (Wildman–Crippen MR) is 88.6 cm³/mol. The van der Waals surface area contributed by atoms with E-state index in [1.807, 2.05) is 43.1 Å². The molecule has 1 heterocycles. The smallest absolute Gasteiger partial charge is 0.299 e. The first-order valence-corrected chi connectivity index (χ1v) is 9.08. The van der Waals surface area contributed by atoms with Gasteiger partial charge in [-0.2, -0.15) is 8.42 Å². The molecule has 0 radical (unpaired) electrons. The van der Waals surface area contributed by atoms with Crippen molar-refractivity contribution in [2.24, 2.45) is 0 Å². The van der Waals surface area contributed by atoms with Gasteiger partial charge in [0.25, 0.3) is 10.1 Å². The molecular weight excluding hydrogens is 318 g/mol. The molecule has 1 aliphatic rings. The topological polar surface area (TPSA) is 46.6 Å². The van der Waals surface area contributed by atoms with Crippen LogP contribution in [-0.2, 0) is 14.3 Å². The van der Waals surface area contributed by atoms with Crippen molar-refractivity contribution < 1.29 is 12.6 Å². The van der Waals surface area contributed by atoms with E-state index in [9.17, 15) is 8.42 Å². The molecule has 0 spiro atoms. The Hall–Kier alpha value is -1.50. The Morgan fingerprint density at radius 2 is 1.73 bits per heavy atom. The summed E-state index contributed by atoms with van der Waals surface area (Å²) in [5.41, 5.74) is 1.97. The molecule has 0 fully saturated rings. The van der Waals surface area contributed by atoms with E-state index < -0.39 is 15.2 Å². The highest BCUT2D eigenvalue weighted by Crippen LogP contribution is 2.50. The molecule has 22 heavy (non-hydrogen) atoms. The van der Waals surface area contributed by atoms with E-state index in [1.54, 1.807) is 31.2 Å². The van der Waals surface area contributed by atoms with Crippen LogP contribution >= 0.6 is 11.8 Å². The third-order valence-corrected chi connectivity index (χ3v) is 6.51. The van der Waals surface area contributed by atoms with Crippen molar-refractivity contribution in [2.75, 3.05) is 11.9 Å². The maximum Gasteiger partial charge on any atom is 0.299 e. The van der Waals surface area contributed by atoms with E-state index in [1.165, 1.54) is 11.8 Å². The zero-order valence-corrected chi connectivity index (χ0v) is 14.2. The molecule has 1 atom stereocenters. The zero-order chi connectivity index (χ0) is 16.0. The molecule has 1 aliphatic heterocycles. The average molecular weight is 335 g/mol. The molecule has 1 unspecified atom stereocenters. The van der Waals surface area contributed by atoms with Crippen LogP contribution in [0, 0.1) is 6.92 Å².